The molecule has 3 amide bonds. The Bertz CT molecular complexity index is 1300. The second kappa shape index (κ2) is 22.4. The molecule has 0 aliphatic heterocycles. The highest BCUT2D eigenvalue weighted by Gasteiger charge is 2.32. The number of carboxylic acid groups (broad SMARTS) is 1. The lowest BCUT2D eigenvalue weighted by molar-refractivity contribution is -0.135. The summed E-state index contributed by atoms with van der Waals surface area (Å²) in [7, 11) is 0. The molecule has 0 saturated carbocycles. The van der Waals surface area contributed by atoms with Gasteiger partial charge >= 0.3 is 12.1 Å². The van der Waals surface area contributed by atoms with E-state index < -0.39 is 47.7 Å². The predicted molar refractivity (Wildman–Crippen MR) is 183 cm³/mol. The third kappa shape index (κ3) is 17.9. The molecule has 50 heavy (non-hydrogen) atoms. The molecule has 0 aliphatic carbocycles. The maximum absolute atomic E-state index is 13.2. The van der Waals surface area contributed by atoms with Gasteiger partial charge in [-0.05, 0) is 57.2 Å². The average molecular weight is 705 g/mol. The fourth-order valence-corrected chi connectivity index (χ4v) is 4.43. The zero-order chi connectivity index (χ0) is 36.9. The van der Waals surface area contributed by atoms with Crippen molar-refractivity contribution < 1.29 is 53.1 Å². The fraction of sp³-hybridized carbons (Fsp3) is 0.571. The number of aromatic carboxylic acids is 1. The van der Waals surface area contributed by atoms with Crippen LogP contribution in [0.2, 0.25) is 0 Å². The van der Waals surface area contributed by atoms with Crippen molar-refractivity contribution >= 4 is 23.9 Å². The van der Waals surface area contributed by atoms with E-state index >= 15 is 0 Å². The highest BCUT2D eigenvalue weighted by Crippen LogP contribution is 2.12. The van der Waals surface area contributed by atoms with Gasteiger partial charge in [0.25, 0.3) is 5.91 Å². The molecule has 5 N–H and O–H groups in total. The Balaban J connectivity index is 1.69. The Hall–Kier alpha value is -4.31. The van der Waals surface area contributed by atoms with Gasteiger partial charge in [-0.15, -0.1) is 0 Å². The number of alkyl carbamates (subject to hydrolysis) is 1. The van der Waals surface area contributed by atoms with Crippen LogP contribution in [0.4, 0.5) is 4.79 Å². The molecule has 278 valence electrons. The van der Waals surface area contributed by atoms with Crippen molar-refractivity contribution in [1.82, 2.24) is 20.9 Å². The van der Waals surface area contributed by atoms with E-state index in [0.717, 1.165) is 5.56 Å². The van der Waals surface area contributed by atoms with Crippen molar-refractivity contribution in [2.24, 2.45) is 5.92 Å². The number of amides is 3. The fourth-order valence-electron chi connectivity index (χ4n) is 4.43. The topological polar surface area (TPSA) is 204 Å². The molecule has 3 unspecified atom stereocenters. The maximum atomic E-state index is 13.2. The van der Waals surface area contributed by atoms with Gasteiger partial charge in [-0.25, -0.2) is 14.6 Å². The summed E-state index contributed by atoms with van der Waals surface area (Å²) in [6.45, 7) is 11.3. The molecular formula is C35H52N4O11. The second-order valence-corrected chi connectivity index (χ2v) is 12.7. The SMILES string of the molecule is CC(C)CC(NC(=O)C(O)C(Cc1ccccc1)NC(=O)OC(C)(C)C)C(=O)NCCOCCOCCOCCOc1ccc(C(=O)O)nc1. The number of benzene rings is 1. The number of aliphatic hydroxyl groups is 1. The third-order valence-corrected chi connectivity index (χ3v) is 6.73. The molecule has 15 heteroatoms. The normalized spacial score (nSPS) is 13.2. The Morgan fingerprint density at radius 3 is 2.00 bits per heavy atom. The minimum absolute atomic E-state index is 0.0586. The lowest BCUT2D eigenvalue weighted by Gasteiger charge is -2.28. The monoisotopic (exact) mass is 704 g/mol. The summed E-state index contributed by atoms with van der Waals surface area (Å²) < 4.78 is 27.2. The van der Waals surface area contributed by atoms with Crippen LogP contribution in [0, 0.1) is 5.92 Å². The number of nitrogens with one attached hydrogen (secondary N) is 3. The molecule has 0 bridgehead atoms. The van der Waals surface area contributed by atoms with Gasteiger partial charge < -0.3 is 49.8 Å². The number of carboxylic acids is 1. The summed E-state index contributed by atoms with van der Waals surface area (Å²) in [5, 5.41) is 27.9. The molecule has 0 aliphatic rings. The maximum Gasteiger partial charge on any atom is 0.407 e. The smallest absolute Gasteiger partial charge is 0.407 e. The van der Waals surface area contributed by atoms with Gasteiger partial charge in [0.2, 0.25) is 5.91 Å². The van der Waals surface area contributed by atoms with E-state index in [1.165, 1.54) is 18.3 Å². The van der Waals surface area contributed by atoms with E-state index in [0.29, 0.717) is 45.2 Å². The van der Waals surface area contributed by atoms with E-state index in [2.05, 4.69) is 20.9 Å². The van der Waals surface area contributed by atoms with Crippen LogP contribution in [0.1, 0.15) is 57.1 Å². The first-order valence-electron chi connectivity index (χ1n) is 16.6. The van der Waals surface area contributed by atoms with Crippen LogP contribution >= 0.6 is 0 Å². The molecule has 0 radical (unpaired) electrons. The first-order valence-corrected chi connectivity index (χ1v) is 16.6. The molecule has 1 heterocycles. The highest BCUT2D eigenvalue weighted by molar-refractivity contribution is 5.90. The number of nitrogens with zero attached hydrogens (tertiary/aromatic N) is 1. The van der Waals surface area contributed by atoms with Gasteiger partial charge in [-0.2, -0.15) is 0 Å². The standard InChI is InChI=1S/C35H52N4O11/c1-24(2)21-29(38-32(42)30(40)28(22-25-9-7-6-8-10-25)39-34(45)50-35(3,4)5)31(41)36-13-14-46-15-16-47-17-18-48-19-20-49-26-11-12-27(33(43)44)37-23-26/h6-12,23-24,28-30,40H,13-22H2,1-5H3,(H,36,41)(H,38,42)(H,39,45)(H,43,44). The predicted octanol–water partition coefficient (Wildman–Crippen LogP) is 2.35. The van der Waals surface area contributed by atoms with E-state index in [4.69, 9.17) is 28.8 Å². The van der Waals surface area contributed by atoms with Gasteiger partial charge in [-0.1, -0.05) is 44.2 Å². The minimum Gasteiger partial charge on any atom is -0.490 e. The minimum atomic E-state index is -1.66. The number of aromatic nitrogens is 1. The lowest BCUT2D eigenvalue weighted by Crippen LogP contribution is -2.56. The first kappa shape index (κ1) is 41.9. The molecule has 0 spiro atoms. The summed E-state index contributed by atoms with van der Waals surface area (Å²) in [5.41, 5.74) is -0.0479. The largest absolute Gasteiger partial charge is 0.490 e. The van der Waals surface area contributed by atoms with Crippen molar-refractivity contribution in [1.29, 1.82) is 0 Å². The van der Waals surface area contributed by atoms with Gasteiger partial charge in [0.15, 0.2) is 6.10 Å². The van der Waals surface area contributed by atoms with E-state index in [9.17, 15) is 24.3 Å². The van der Waals surface area contributed by atoms with Crippen LogP contribution in [-0.4, -0.2) is 116 Å². The number of hydrogen-bond acceptors (Lipinski definition) is 11. The number of ether oxygens (including phenoxy) is 5. The highest BCUT2D eigenvalue weighted by atomic mass is 16.6. The van der Waals surface area contributed by atoms with Gasteiger partial charge in [0.1, 0.15) is 29.7 Å². The van der Waals surface area contributed by atoms with Crippen molar-refractivity contribution in [3.8, 4) is 5.75 Å². The zero-order valence-electron chi connectivity index (χ0n) is 29.5. The number of pyridine rings is 1. The number of carbonyl (C=O) groups is 4. The molecule has 2 aromatic rings. The number of aliphatic hydroxyl groups excluding tert-OH is 1. The number of carbonyl (C=O) groups excluding carboxylic acids is 3. The summed E-state index contributed by atoms with van der Waals surface area (Å²) in [6, 6.07) is 10.1. The van der Waals surface area contributed by atoms with Gasteiger partial charge in [0, 0.05) is 6.54 Å². The van der Waals surface area contributed by atoms with Crippen molar-refractivity contribution in [3.05, 3.63) is 59.9 Å². The van der Waals surface area contributed by atoms with Crippen LogP contribution in [0.3, 0.4) is 0 Å². The molecule has 0 saturated heterocycles. The summed E-state index contributed by atoms with van der Waals surface area (Å²) in [4.78, 5) is 53.3. The van der Waals surface area contributed by atoms with Crippen molar-refractivity contribution in [2.45, 2.75) is 71.2 Å². The Morgan fingerprint density at radius 2 is 1.44 bits per heavy atom. The van der Waals surface area contributed by atoms with Crippen LogP contribution in [0.15, 0.2) is 48.7 Å². The van der Waals surface area contributed by atoms with Crippen LogP contribution in [0.5, 0.6) is 5.75 Å². The number of rotatable bonds is 23. The Kier molecular flexibility index (Phi) is 18.8. The zero-order valence-corrected chi connectivity index (χ0v) is 29.5. The molecule has 2 rings (SSSR count). The first-order chi connectivity index (χ1) is 23.7. The summed E-state index contributed by atoms with van der Waals surface area (Å²) in [6.07, 6.45) is -0.609. The Labute approximate surface area is 293 Å². The molecule has 1 aromatic carbocycles. The van der Waals surface area contributed by atoms with E-state index in [1.54, 1.807) is 20.8 Å². The molecule has 15 nitrogen and oxygen atoms in total. The third-order valence-electron chi connectivity index (χ3n) is 6.73. The van der Waals surface area contributed by atoms with Crippen molar-refractivity contribution in [2.75, 3.05) is 52.8 Å². The second-order valence-electron chi connectivity index (χ2n) is 12.7. The Morgan fingerprint density at radius 1 is 0.820 bits per heavy atom. The summed E-state index contributed by atoms with van der Waals surface area (Å²) >= 11 is 0. The van der Waals surface area contributed by atoms with Gasteiger partial charge in [0.05, 0.1) is 51.9 Å². The average Bonchev–Trinajstić information content (AvgIpc) is 3.05. The quantitative estimate of drug-likeness (QED) is 0.106. The van der Waals surface area contributed by atoms with E-state index in [1.807, 2.05) is 44.2 Å². The molecule has 1 aromatic heterocycles. The van der Waals surface area contributed by atoms with Crippen LogP contribution in [0.25, 0.3) is 0 Å². The van der Waals surface area contributed by atoms with Crippen LogP contribution in [-0.2, 0) is 35.0 Å². The van der Waals surface area contributed by atoms with E-state index in [-0.39, 0.29) is 37.8 Å². The van der Waals surface area contributed by atoms with Crippen LogP contribution < -0.4 is 20.7 Å². The molecule has 3 atom stereocenters. The molecule has 0 fully saturated rings. The summed E-state index contributed by atoms with van der Waals surface area (Å²) in [5.74, 6) is -1.82. The van der Waals surface area contributed by atoms with Gasteiger partial charge in [-0.3, -0.25) is 9.59 Å². The molecular weight excluding hydrogens is 652 g/mol. The number of hydrogen-bond donors (Lipinski definition) is 5. The van der Waals surface area contributed by atoms with Crippen molar-refractivity contribution in [3.63, 3.8) is 0 Å². The lowest BCUT2D eigenvalue weighted by atomic mass is 9.99.